The second-order valence-corrected chi connectivity index (χ2v) is 9.54. The van der Waals surface area contributed by atoms with Gasteiger partial charge in [0.1, 0.15) is 24.2 Å². The maximum absolute atomic E-state index is 13.2. The minimum Gasteiger partial charge on any atom is -0.480 e. The summed E-state index contributed by atoms with van der Waals surface area (Å²) in [6.07, 6.45) is 0.921. The monoisotopic (exact) mass is 572 g/mol. The average molecular weight is 573 g/mol. The second kappa shape index (κ2) is 16.9. The molecule has 11 N–H and O–H groups in total. The third-order valence-electron chi connectivity index (χ3n) is 6.12. The summed E-state index contributed by atoms with van der Waals surface area (Å²) < 4.78 is 0. The Morgan fingerprint density at radius 2 is 1.65 bits per heavy atom. The fourth-order valence-corrected chi connectivity index (χ4v) is 4.01. The predicted molar refractivity (Wildman–Crippen MR) is 139 cm³/mol. The number of carbonyl (C=O) groups is 7. The van der Waals surface area contributed by atoms with Crippen molar-refractivity contribution in [3.05, 3.63) is 0 Å². The molecule has 7 amide bonds. The Kier molecular flexibility index (Phi) is 14.3. The van der Waals surface area contributed by atoms with Gasteiger partial charge in [0.05, 0.1) is 19.7 Å². The number of hydrogen-bond acceptors (Lipinski definition) is 9. The lowest BCUT2D eigenvalue weighted by Gasteiger charge is -2.30. The molecule has 17 nitrogen and oxygen atoms in total. The van der Waals surface area contributed by atoms with E-state index in [0.29, 0.717) is 6.42 Å². The Morgan fingerprint density at radius 1 is 0.975 bits per heavy atom. The van der Waals surface area contributed by atoms with E-state index < -0.39 is 84.8 Å². The molecule has 226 valence electrons. The fourth-order valence-electron chi connectivity index (χ4n) is 4.01. The highest BCUT2D eigenvalue weighted by atomic mass is 16.4. The minimum atomic E-state index is -1.37. The molecule has 1 rings (SSSR count). The van der Waals surface area contributed by atoms with Gasteiger partial charge in [0, 0.05) is 13.1 Å². The first-order chi connectivity index (χ1) is 18.8. The maximum Gasteiger partial charge on any atom is 0.326 e. The summed E-state index contributed by atoms with van der Waals surface area (Å²) in [6.45, 7) is 2.01. The Balaban J connectivity index is 2.85. The third-order valence-corrected chi connectivity index (χ3v) is 6.12. The Morgan fingerprint density at radius 3 is 2.20 bits per heavy atom. The highest BCUT2D eigenvalue weighted by molar-refractivity contribution is 5.96. The number of nitrogens with two attached hydrogens (primary N) is 2. The summed E-state index contributed by atoms with van der Waals surface area (Å²) in [5.74, 6) is -5.20. The number of likely N-dealkylation sites (tertiary alicyclic amines) is 1. The number of aliphatic hydroxyl groups is 1. The topological polar surface area (TPSA) is 275 Å². The largest absolute Gasteiger partial charge is 0.480 e. The molecular formula is C23H40N8O9. The van der Waals surface area contributed by atoms with Gasteiger partial charge in [-0.05, 0) is 31.6 Å². The zero-order valence-electron chi connectivity index (χ0n) is 22.6. The van der Waals surface area contributed by atoms with E-state index in [1.807, 2.05) is 0 Å². The number of carbonyl (C=O) groups excluding carboxylic acids is 6. The van der Waals surface area contributed by atoms with Crippen molar-refractivity contribution in [2.24, 2.45) is 17.4 Å². The highest BCUT2D eigenvalue weighted by Crippen LogP contribution is 2.19. The molecule has 40 heavy (non-hydrogen) atoms. The van der Waals surface area contributed by atoms with Crippen molar-refractivity contribution >= 4 is 41.5 Å². The molecule has 0 aromatic carbocycles. The zero-order chi connectivity index (χ0) is 30.4. The zero-order valence-corrected chi connectivity index (χ0v) is 22.6. The van der Waals surface area contributed by atoms with Crippen LogP contribution in [0.5, 0.6) is 0 Å². The first-order valence-electron chi connectivity index (χ1n) is 12.9. The molecule has 0 spiro atoms. The lowest BCUT2D eigenvalue weighted by Crippen LogP contribution is -2.59. The molecule has 0 aromatic rings. The van der Waals surface area contributed by atoms with Crippen LogP contribution in [-0.2, 0) is 28.8 Å². The number of aliphatic carboxylic acids is 1. The molecule has 4 atom stereocenters. The number of carboxylic acids is 1. The van der Waals surface area contributed by atoms with Gasteiger partial charge in [-0.15, -0.1) is 0 Å². The van der Waals surface area contributed by atoms with Crippen LogP contribution in [-0.4, -0.2) is 114 Å². The molecule has 0 aliphatic carbocycles. The quantitative estimate of drug-likeness (QED) is 0.0802. The van der Waals surface area contributed by atoms with E-state index in [2.05, 4.69) is 26.6 Å². The van der Waals surface area contributed by atoms with Crippen LogP contribution in [0.4, 0.5) is 4.79 Å². The first kappa shape index (κ1) is 34.0. The second-order valence-electron chi connectivity index (χ2n) is 9.54. The molecule has 0 unspecified atom stereocenters. The van der Waals surface area contributed by atoms with Gasteiger partial charge in [-0.25, -0.2) is 9.59 Å². The molecule has 0 aromatic heterocycles. The van der Waals surface area contributed by atoms with Gasteiger partial charge in [-0.1, -0.05) is 13.8 Å². The third kappa shape index (κ3) is 11.0. The van der Waals surface area contributed by atoms with E-state index in [4.69, 9.17) is 11.5 Å². The van der Waals surface area contributed by atoms with Crippen LogP contribution >= 0.6 is 0 Å². The summed E-state index contributed by atoms with van der Waals surface area (Å²) in [4.78, 5) is 86.0. The molecular weight excluding hydrogens is 532 g/mol. The van der Waals surface area contributed by atoms with Crippen molar-refractivity contribution in [3.63, 3.8) is 0 Å². The SMILES string of the molecule is CC(C)[C@H](NC(=O)[C@@H]1CCCN1C(=O)[C@H](CO)NC(=O)CNC(=O)CN)C(=O)N[C@@H](CCCNC(N)=O)C(=O)O. The minimum absolute atomic E-state index is 0.00477. The van der Waals surface area contributed by atoms with Crippen molar-refractivity contribution in [1.82, 2.24) is 31.5 Å². The van der Waals surface area contributed by atoms with Crippen LogP contribution in [0.3, 0.4) is 0 Å². The van der Waals surface area contributed by atoms with E-state index in [-0.39, 0.29) is 38.9 Å². The van der Waals surface area contributed by atoms with Crippen LogP contribution in [0.2, 0.25) is 0 Å². The van der Waals surface area contributed by atoms with E-state index in [1.54, 1.807) is 13.8 Å². The Labute approximate surface area is 231 Å². The van der Waals surface area contributed by atoms with Crippen LogP contribution in [0.15, 0.2) is 0 Å². The van der Waals surface area contributed by atoms with Gasteiger partial charge in [-0.3, -0.25) is 24.0 Å². The standard InChI is InChI=1S/C23H40N8O9/c1-12(2)18(20(36)29-13(22(38)39)5-3-7-26-23(25)40)30-19(35)15-6-4-8-31(15)21(37)14(11-32)28-17(34)10-27-16(33)9-24/h12-15,18,32H,3-11,24H2,1-2H3,(H,27,33)(H,28,34)(H,29,36)(H,30,35)(H,38,39)(H3,25,26,40)/t13-,14-,15-,18-/m0/s1. The molecule has 0 saturated carbocycles. The van der Waals surface area contributed by atoms with Crippen LogP contribution in [0, 0.1) is 5.92 Å². The number of aliphatic hydroxyl groups excluding tert-OH is 1. The van der Waals surface area contributed by atoms with Crippen LogP contribution < -0.4 is 38.1 Å². The predicted octanol–water partition coefficient (Wildman–Crippen LogP) is -4.31. The molecule has 1 heterocycles. The van der Waals surface area contributed by atoms with Crippen molar-refractivity contribution in [2.45, 2.75) is 63.7 Å². The molecule has 1 aliphatic heterocycles. The summed E-state index contributed by atoms with van der Waals surface area (Å²) in [5, 5.41) is 31.0. The number of carboxylic acid groups (broad SMARTS) is 1. The lowest BCUT2D eigenvalue weighted by atomic mass is 10.0. The smallest absolute Gasteiger partial charge is 0.326 e. The summed E-state index contributed by atoms with van der Waals surface area (Å²) in [6, 6.07) is -5.55. The number of nitrogens with one attached hydrogen (secondary N) is 5. The molecule has 17 heteroatoms. The van der Waals surface area contributed by atoms with Gasteiger partial charge in [0.25, 0.3) is 0 Å². The number of rotatable bonds is 16. The summed E-state index contributed by atoms with van der Waals surface area (Å²) in [5.41, 5.74) is 10.1. The molecule has 1 saturated heterocycles. The van der Waals surface area contributed by atoms with Gasteiger partial charge >= 0.3 is 12.0 Å². The van der Waals surface area contributed by atoms with Gasteiger partial charge in [-0.2, -0.15) is 0 Å². The normalized spacial score (nSPS) is 16.8. The summed E-state index contributed by atoms with van der Waals surface area (Å²) in [7, 11) is 0. The van der Waals surface area contributed by atoms with E-state index in [1.165, 1.54) is 4.90 Å². The van der Waals surface area contributed by atoms with Gasteiger partial charge in [0.15, 0.2) is 0 Å². The highest BCUT2D eigenvalue weighted by Gasteiger charge is 2.39. The Bertz CT molecular complexity index is 945. The Hall–Kier alpha value is -3.99. The van der Waals surface area contributed by atoms with Gasteiger partial charge < -0.3 is 53.2 Å². The summed E-state index contributed by atoms with van der Waals surface area (Å²) >= 11 is 0. The first-order valence-corrected chi connectivity index (χ1v) is 12.9. The van der Waals surface area contributed by atoms with Gasteiger partial charge in [0.2, 0.25) is 29.5 Å². The van der Waals surface area contributed by atoms with Crippen molar-refractivity contribution < 1.29 is 43.8 Å². The van der Waals surface area contributed by atoms with Crippen molar-refractivity contribution in [2.75, 3.05) is 32.8 Å². The van der Waals surface area contributed by atoms with Crippen LogP contribution in [0.1, 0.15) is 39.5 Å². The molecule has 1 aliphatic rings. The molecule has 0 radical (unpaired) electrons. The number of primary amides is 1. The number of urea groups is 1. The average Bonchev–Trinajstić information content (AvgIpc) is 3.39. The van der Waals surface area contributed by atoms with Crippen LogP contribution in [0.25, 0.3) is 0 Å². The number of nitrogens with zero attached hydrogens (tertiary/aromatic N) is 1. The van der Waals surface area contributed by atoms with E-state index >= 15 is 0 Å². The molecule has 1 fully saturated rings. The fraction of sp³-hybridized carbons (Fsp3) is 0.696. The van der Waals surface area contributed by atoms with Crippen molar-refractivity contribution in [1.29, 1.82) is 0 Å². The molecule has 0 bridgehead atoms. The number of amides is 7. The maximum atomic E-state index is 13.2. The van der Waals surface area contributed by atoms with E-state index in [0.717, 1.165) is 0 Å². The number of hydrogen-bond donors (Lipinski definition) is 9. The van der Waals surface area contributed by atoms with Crippen molar-refractivity contribution in [3.8, 4) is 0 Å². The van der Waals surface area contributed by atoms with E-state index in [9.17, 15) is 43.8 Å². The lowest BCUT2D eigenvalue weighted by molar-refractivity contribution is -0.144.